The Morgan fingerprint density at radius 2 is 1.48 bits per heavy atom. The molecule has 1 amide bonds. The van der Waals surface area contributed by atoms with Crippen molar-refractivity contribution in [3.05, 3.63) is 65.2 Å². The zero-order valence-electron chi connectivity index (χ0n) is 23.6. The van der Waals surface area contributed by atoms with E-state index in [1.165, 1.54) is 61.6 Å². The van der Waals surface area contributed by atoms with E-state index < -0.39 is 0 Å². The predicted octanol–water partition coefficient (Wildman–Crippen LogP) is 7.36. The minimum absolute atomic E-state index is 0.0107. The summed E-state index contributed by atoms with van der Waals surface area (Å²) < 4.78 is 6.12. The van der Waals surface area contributed by atoms with Gasteiger partial charge in [-0.2, -0.15) is 0 Å². The van der Waals surface area contributed by atoms with Crippen LogP contribution in [0, 0.1) is 46.8 Å². The Labute approximate surface area is 238 Å². The van der Waals surface area contributed by atoms with Gasteiger partial charge in [-0.1, -0.05) is 29.8 Å². The number of benzene rings is 2. The van der Waals surface area contributed by atoms with Crippen molar-refractivity contribution < 1.29 is 14.6 Å². The first-order valence-corrected chi connectivity index (χ1v) is 16.1. The van der Waals surface area contributed by atoms with Crippen LogP contribution in [0.5, 0.6) is 11.5 Å². The number of fused-ring (bicyclic) bond motifs is 1. The van der Waals surface area contributed by atoms with Gasteiger partial charge in [0.25, 0.3) is 0 Å². The Bertz CT molecular complexity index is 1280. The highest BCUT2D eigenvalue weighted by atomic mass is 16.5. The summed E-state index contributed by atoms with van der Waals surface area (Å²) in [7, 11) is 0. The quantitative estimate of drug-likeness (QED) is 0.329. The van der Waals surface area contributed by atoms with Crippen molar-refractivity contribution in [1.29, 1.82) is 0 Å². The van der Waals surface area contributed by atoms with Gasteiger partial charge in [0.1, 0.15) is 11.5 Å². The van der Waals surface area contributed by atoms with Gasteiger partial charge in [-0.25, -0.2) is 0 Å². The number of nitrogens with one attached hydrogen (secondary N) is 1. The zero-order valence-corrected chi connectivity index (χ0v) is 23.6. The summed E-state index contributed by atoms with van der Waals surface area (Å²) in [5, 5.41) is 13.2. The van der Waals surface area contributed by atoms with Crippen molar-refractivity contribution >= 4 is 11.5 Å². The van der Waals surface area contributed by atoms with E-state index in [0.29, 0.717) is 36.0 Å². The molecule has 2 aromatic rings. The molecule has 2 aromatic carbocycles. The molecule has 0 aromatic heterocycles. The lowest BCUT2D eigenvalue weighted by atomic mass is 9.52. The number of phenolic OH excluding ortho intramolecular Hbond substituents is 1. The maximum absolute atomic E-state index is 12.9. The van der Waals surface area contributed by atoms with Gasteiger partial charge >= 0.3 is 0 Å². The van der Waals surface area contributed by atoms with Crippen LogP contribution in [0.3, 0.4) is 0 Å². The fourth-order valence-electron chi connectivity index (χ4n) is 10.6. The van der Waals surface area contributed by atoms with E-state index in [0.717, 1.165) is 61.6 Å². The second-order valence-corrected chi connectivity index (χ2v) is 14.3. The molecule has 9 rings (SSSR count). The Morgan fingerprint density at radius 3 is 2.10 bits per heavy atom. The van der Waals surface area contributed by atoms with Gasteiger partial charge in [0, 0.05) is 6.54 Å². The van der Waals surface area contributed by atoms with E-state index in [2.05, 4.69) is 41.7 Å². The third-order valence-corrected chi connectivity index (χ3v) is 12.0. The monoisotopic (exact) mass is 537 g/mol. The lowest BCUT2D eigenvalue weighted by molar-refractivity contribution is -0.148. The first-order valence-electron chi connectivity index (χ1n) is 16.1. The first kappa shape index (κ1) is 25.0. The summed E-state index contributed by atoms with van der Waals surface area (Å²) in [6, 6.07) is 16.5. The van der Waals surface area contributed by atoms with Gasteiger partial charge in [-0.3, -0.25) is 4.79 Å². The highest BCUT2D eigenvalue weighted by molar-refractivity contribution is 5.85. The summed E-state index contributed by atoms with van der Waals surface area (Å²) in [6.07, 6.45) is 13.8. The number of carbonyl (C=O) groups excluding carboxylic acids is 1. The standard InChI is InChI=1S/C36H43NO3/c38-30-7-3-25(4-8-30)33(34-27-14-22-13-23(16-27)17-28(34)15-22)26-5-9-31(10-6-26)40-12-2-1-11-37-35(39)36-20-24-18-29(21-36)32(36)19-24/h3-10,22-24,27-29,32,38H,1-2,11-21H2,(H,37,39). The number of carbonyl (C=O) groups is 1. The maximum atomic E-state index is 12.9. The molecule has 6 bridgehead atoms. The number of ether oxygens (including phenoxy) is 1. The third kappa shape index (κ3) is 4.11. The lowest BCUT2D eigenvalue weighted by Gasteiger charge is -2.52. The van der Waals surface area contributed by atoms with Crippen LogP contribution in [0.4, 0.5) is 0 Å². The molecule has 7 aliphatic rings. The molecule has 7 aliphatic carbocycles. The largest absolute Gasteiger partial charge is 0.508 e. The van der Waals surface area contributed by atoms with Crippen LogP contribution >= 0.6 is 0 Å². The summed E-state index contributed by atoms with van der Waals surface area (Å²) in [5.74, 6) is 7.23. The fourth-order valence-corrected chi connectivity index (χ4v) is 10.6. The van der Waals surface area contributed by atoms with Crippen LogP contribution in [-0.4, -0.2) is 24.2 Å². The SMILES string of the molecule is O=C(NCCCCOc1ccc(C(=C2C3CC4CC(C3)CC2C4)c2ccc(O)cc2)cc1)C12CC3CC(C1)C2C3. The van der Waals surface area contributed by atoms with E-state index in [9.17, 15) is 9.90 Å². The van der Waals surface area contributed by atoms with Crippen molar-refractivity contribution in [3.63, 3.8) is 0 Å². The molecule has 7 fully saturated rings. The minimum atomic E-state index is 0.0107. The highest BCUT2D eigenvalue weighted by Gasteiger charge is 2.67. The number of rotatable bonds is 9. The molecule has 4 heteroatoms. The van der Waals surface area contributed by atoms with Gasteiger partial charge in [0.15, 0.2) is 0 Å². The molecule has 4 atom stereocenters. The molecule has 0 saturated heterocycles. The summed E-state index contributed by atoms with van der Waals surface area (Å²) in [6.45, 7) is 1.44. The van der Waals surface area contributed by atoms with Gasteiger partial charge in [0.05, 0.1) is 12.0 Å². The maximum Gasteiger partial charge on any atom is 0.226 e. The van der Waals surface area contributed by atoms with Gasteiger partial charge in [0.2, 0.25) is 5.91 Å². The summed E-state index contributed by atoms with van der Waals surface area (Å²) in [4.78, 5) is 12.9. The Hall–Kier alpha value is -2.75. The van der Waals surface area contributed by atoms with E-state index in [1.807, 2.05) is 12.1 Å². The molecule has 4 unspecified atom stereocenters. The van der Waals surface area contributed by atoms with Crippen molar-refractivity contribution in [1.82, 2.24) is 5.32 Å². The fraction of sp³-hybridized carbons (Fsp3) is 0.583. The Balaban J connectivity index is 0.895. The number of aromatic hydroxyl groups is 1. The molecule has 0 spiro atoms. The molecule has 0 radical (unpaired) electrons. The summed E-state index contributed by atoms with van der Waals surface area (Å²) >= 11 is 0. The number of phenols is 1. The Morgan fingerprint density at radius 1 is 0.800 bits per heavy atom. The number of allylic oxidation sites excluding steroid dienone is 1. The number of amides is 1. The van der Waals surface area contributed by atoms with E-state index >= 15 is 0 Å². The second-order valence-electron chi connectivity index (χ2n) is 14.3. The second kappa shape index (κ2) is 9.67. The molecule has 7 saturated carbocycles. The zero-order chi connectivity index (χ0) is 26.8. The highest BCUT2D eigenvalue weighted by Crippen LogP contribution is 2.70. The summed E-state index contributed by atoms with van der Waals surface area (Å²) in [5.41, 5.74) is 5.57. The van der Waals surface area contributed by atoms with E-state index in [-0.39, 0.29) is 5.41 Å². The number of hydrogen-bond acceptors (Lipinski definition) is 3. The van der Waals surface area contributed by atoms with Crippen LogP contribution in [-0.2, 0) is 4.79 Å². The molecule has 0 aliphatic heterocycles. The van der Waals surface area contributed by atoms with Crippen LogP contribution < -0.4 is 10.1 Å². The lowest BCUT2D eigenvalue weighted by Crippen LogP contribution is -2.55. The molecular formula is C36H43NO3. The number of unbranched alkanes of at least 4 members (excludes halogenated alkanes) is 1. The topological polar surface area (TPSA) is 58.6 Å². The Kier molecular flexibility index (Phi) is 6.04. The molecular weight excluding hydrogens is 494 g/mol. The molecule has 4 nitrogen and oxygen atoms in total. The van der Waals surface area contributed by atoms with Crippen LogP contribution in [0.25, 0.3) is 5.57 Å². The molecule has 2 N–H and O–H groups in total. The smallest absolute Gasteiger partial charge is 0.226 e. The van der Waals surface area contributed by atoms with E-state index in [1.54, 1.807) is 5.57 Å². The average Bonchev–Trinajstić information content (AvgIpc) is 3.43. The van der Waals surface area contributed by atoms with Gasteiger partial charge in [-0.15, -0.1) is 0 Å². The van der Waals surface area contributed by atoms with Crippen molar-refractivity contribution in [2.75, 3.05) is 13.2 Å². The van der Waals surface area contributed by atoms with Crippen LogP contribution in [0.1, 0.15) is 81.8 Å². The van der Waals surface area contributed by atoms with Crippen molar-refractivity contribution in [2.45, 2.75) is 70.6 Å². The molecule has 40 heavy (non-hydrogen) atoms. The van der Waals surface area contributed by atoms with E-state index in [4.69, 9.17) is 4.74 Å². The number of hydrogen-bond donors (Lipinski definition) is 2. The first-order chi connectivity index (χ1) is 19.6. The average molecular weight is 538 g/mol. The minimum Gasteiger partial charge on any atom is -0.508 e. The van der Waals surface area contributed by atoms with Gasteiger partial charge in [-0.05, 0) is 153 Å². The molecule has 210 valence electrons. The molecule has 0 heterocycles. The van der Waals surface area contributed by atoms with Crippen molar-refractivity contribution in [2.24, 2.45) is 46.8 Å². The normalized spacial score (nSPS) is 36.0. The van der Waals surface area contributed by atoms with Gasteiger partial charge < -0.3 is 15.2 Å². The predicted molar refractivity (Wildman–Crippen MR) is 157 cm³/mol. The third-order valence-electron chi connectivity index (χ3n) is 12.0. The van der Waals surface area contributed by atoms with Crippen LogP contribution in [0.2, 0.25) is 0 Å². The van der Waals surface area contributed by atoms with Crippen LogP contribution in [0.15, 0.2) is 54.1 Å². The van der Waals surface area contributed by atoms with Crippen molar-refractivity contribution in [3.8, 4) is 11.5 Å².